The van der Waals surface area contributed by atoms with E-state index >= 15 is 0 Å². The Bertz CT molecular complexity index is 180. The van der Waals surface area contributed by atoms with E-state index in [1.54, 1.807) is 0 Å². The van der Waals surface area contributed by atoms with Crippen LogP contribution in [0.2, 0.25) is 0 Å². The molecule has 0 aromatic heterocycles. The Morgan fingerprint density at radius 2 is 1.69 bits per heavy atom. The molecule has 0 heterocycles. The van der Waals surface area contributed by atoms with Gasteiger partial charge in [0.25, 0.3) is 0 Å². The van der Waals surface area contributed by atoms with Gasteiger partial charge < -0.3 is 11.1 Å². The van der Waals surface area contributed by atoms with Crippen molar-refractivity contribution in [1.82, 2.24) is 5.32 Å². The second-order valence-corrected chi connectivity index (χ2v) is 7.01. The van der Waals surface area contributed by atoms with Gasteiger partial charge in [-0.3, -0.25) is 0 Å². The van der Waals surface area contributed by atoms with Crippen molar-refractivity contribution in [3.8, 4) is 0 Å². The third kappa shape index (κ3) is 9.17. The summed E-state index contributed by atoms with van der Waals surface area (Å²) < 4.78 is 0. The molecule has 0 rings (SSSR count). The van der Waals surface area contributed by atoms with Crippen LogP contribution in [0.3, 0.4) is 0 Å². The van der Waals surface area contributed by atoms with Crippen LogP contribution in [-0.4, -0.2) is 19.1 Å². The smallest absolute Gasteiger partial charge is 0.00558 e. The topological polar surface area (TPSA) is 38.0 Å². The van der Waals surface area contributed by atoms with Gasteiger partial charge in [0, 0.05) is 12.6 Å². The van der Waals surface area contributed by atoms with E-state index in [9.17, 15) is 0 Å². The maximum Gasteiger partial charge on any atom is 0.00558 e. The lowest BCUT2D eigenvalue weighted by atomic mass is 9.87. The molecule has 0 aromatic rings. The van der Waals surface area contributed by atoms with Crippen molar-refractivity contribution < 1.29 is 0 Å². The van der Waals surface area contributed by atoms with Crippen molar-refractivity contribution >= 4 is 0 Å². The molecular weight excluding hydrogens is 196 g/mol. The molecule has 0 radical (unpaired) electrons. The van der Waals surface area contributed by atoms with Crippen LogP contribution in [0.5, 0.6) is 0 Å². The first kappa shape index (κ1) is 15.9. The monoisotopic (exact) mass is 228 g/mol. The van der Waals surface area contributed by atoms with Crippen LogP contribution in [0.15, 0.2) is 0 Å². The van der Waals surface area contributed by atoms with Crippen LogP contribution in [0.4, 0.5) is 0 Å². The molecule has 0 saturated heterocycles. The van der Waals surface area contributed by atoms with E-state index in [2.05, 4.69) is 46.9 Å². The molecule has 0 aliphatic heterocycles. The van der Waals surface area contributed by atoms with Crippen LogP contribution in [0.25, 0.3) is 0 Å². The van der Waals surface area contributed by atoms with E-state index in [0.29, 0.717) is 16.9 Å². The lowest BCUT2D eigenvalue weighted by molar-refractivity contribution is 0.308. The van der Waals surface area contributed by atoms with Gasteiger partial charge in [-0.15, -0.1) is 0 Å². The second-order valence-electron chi connectivity index (χ2n) is 7.01. The van der Waals surface area contributed by atoms with Crippen LogP contribution < -0.4 is 11.1 Å². The molecule has 0 saturated carbocycles. The summed E-state index contributed by atoms with van der Waals surface area (Å²) in [5, 5.41) is 3.51. The Balaban J connectivity index is 3.60. The Morgan fingerprint density at radius 1 is 1.12 bits per heavy atom. The first-order chi connectivity index (χ1) is 7.16. The second kappa shape index (κ2) is 6.61. The molecule has 0 aliphatic carbocycles. The maximum atomic E-state index is 6.10. The number of hydrogen-bond donors (Lipinski definition) is 2. The zero-order valence-electron chi connectivity index (χ0n) is 12.2. The molecule has 0 spiro atoms. The van der Waals surface area contributed by atoms with Crippen molar-refractivity contribution in [3.05, 3.63) is 0 Å². The van der Waals surface area contributed by atoms with Crippen LogP contribution in [-0.2, 0) is 0 Å². The fourth-order valence-corrected chi connectivity index (χ4v) is 1.73. The van der Waals surface area contributed by atoms with E-state index < -0.39 is 0 Å². The summed E-state index contributed by atoms with van der Waals surface area (Å²) in [6.45, 7) is 15.7. The molecule has 2 heteroatoms. The number of hydrogen-bond acceptors (Lipinski definition) is 2. The summed E-state index contributed by atoms with van der Waals surface area (Å²) in [7, 11) is 0. The maximum absolute atomic E-state index is 6.10. The highest BCUT2D eigenvalue weighted by Crippen LogP contribution is 2.21. The van der Waals surface area contributed by atoms with Gasteiger partial charge >= 0.3 is 0 Å². The van der Waals surface area contributed by atoms with Gasteiger partial charge in [0.15, 0.2) is 0 Å². The first-order valence-electron chi connectivity index (χ1n) is 6.62. The normalized spacial score (nSPS) is 15.2. The third-order valence-electron chi connectivity index (χ3n) is 3.13. The predicted octanol–water partition coefficient (Wildman–Crippen LogP) is 3.17. The van der Waals surface area contributed by atoms with E-state index in [1.165, 1.54) is 6.42 Å². The van der Waals surface area contributed by atoms with Gasteiger partial charge in [0.05, 0.1) is 0 Å². The highest BCUT2D eigenvalue weighted by atomic mass is 14.9. The van der Waals surface area contributed by atoms with Crippen molar-refractivity contribution in [3.63, 3.8) is 0 Å². The number of nitrogens with one attached hydrogen (secondary N) is 1. The number of rotatable bonds is 7. The van der Waals surface area contributed by atoms with E-state index in [1.807, 2.05) is 0 Å². The zero-order chi connectivity index (χ0) is 12.8. The largest absolute Gasteiger partial charge is 0.328 e. The molecule has 0 fully saturated rings. The summed E-state index contributed by atoms with van der Waals surface area (Å²) in [5.74, 6) is 0. The Hall–Kier alpha value is -0.0800. The molecule has 3 N–H and O–H groups in total. The fraction of sp³-hybridized carbons (Fsp3) is 1.00. The first-order valence-corrected chi connectivity index (χ1v) is 6.62. The van der Waals surface area contributed by atoms with Gasteiger partial charge in [-0.25, -0.2) is 0 Å². The summed E-state index contributed by atoms with van der Waals surface area (Å²) in [6, 6.07) is 0.331. The van der Waals surface area contributed by atoms with Gasteiger partial charge in [-0.05, 0) is 36.6 Å². The van der Waals surface area contributed by atoms with Crippen molar-refractivity contribution in [2.75, 3.05) is 13.1 Å². The molecule has 16 heavy (non-hydrogen) atoms. The van der Waals surface area contributed by atoms with Gasteiger partial charge in [0.2, 0.25) is 0 Å². The summed E-state index contributed by atoms with van der Waals surface area (Å²) in [4.78, 5) is 0. The Kier molecular flexibility index (Phi) is 6.57. The van der Waals surface area contributed by atoms with Crippen molar-refractivity contribution in [2.24, 2.45) is 16.6 Å². The minimum absolute atomic E-state index is 0.331. The van der Waals surface area contributed by atoms with Crippen molar-refractivity contribution in [2.45, 2.75) is 66.8 Å². The molecule has 0 bridgehead atoms. The lowest BCUT2D eigenvalue weighted by Crippen LogP contribution is -2.34. The average Bonchev–Trinajstić information content (AvgIpc) is 2.10. The van der Waals surface area contributed by atoms with E-state index in [-0.39, 0.29) is 0 Å². The Morgan fingerprint density at radius 3 is 2.12 bits per heavy atom. The predicted molar refractivity (Wildman–Crippen MR) is 73.6 cm³/mol. The quantitative estimate of drug-likeness (QED) is 0.657. The molecule has 1 unspecified atom stereocenters. The molecule has 2 nitrogen and oxygen atoms in total. The minimum Gasteiger partial charge on any atom is -0.328 e. The summed E-state index contributed by atoms with van der Waals surface area (Å²) >= 11 is 0. The Labute approximate surface area is 102 Å². The summed E-state index contributed by atoms with van der Waals surface area (Å²) in [6.07, 6.45) is 3.40. The van der Waals surface area contributed by atoms with Gasteiger partial charge in [-0.2, -0.15) is 0 Å². The fourth-order valence-electron chi connectivity index (χ4n) is 1.73. The zero-order valence-corrected chi connectivity index (χ0v) is 12.2. The van der Waals surface area contributed by atoms with Gasteiger partial charge in [-0.1, -0.05) is 41.5 Å². The highest BCUT2D eigenvalue weighted by Gasteiger charge is 2.16. The molecule has 98 valence electrons. The molecule has 0 amide bonds. The van der Waals surface area contributed by atoms with Crippen LogP contribution in [0.1, 0.15) is 60.8 Å². The van der Waals surface area contributed by atoms with Crippen LogP contribution >= 0.6 is 0 Å². The SMILES string of the molecule is CCC(C)(C)CNCCC(N)CC(C)(C)C. The van der Waals surface area contributed by atoms with Crippen molar-refractivity contribution in [1.29, 1.82) is 0 Å². The summed E-state index contributed by atoms with van der Waals surface area (Å²) in [5.41, 5.74) is 6.86. The molecule has 0 aromatic carbocycles. The van der Waals surface area contributed by atoms with E-state index in [0.717, 1.165) is 25.9 Å². The molecule has 0 aliphatic rings. The highest BCUT2D eigenvalue weighted by molar-refractivity contribution is 4.74. The standard InChI is InChI=1S/C14H32N2/c1-7-14(5,6)11-16-9-8-12(15)10-13(2,3)4/h12,16H,7-11,15H2,1-6H3. The third-order valence-corrected chi connectivity index (χ3v) is 3.13. The lowest BCUT2D eigenvalue weighted by Gasteiger charge is -2.25. The minimum atomic E-state index is 0.331. The molecule has 1 atom stereocenters. The van der Waals surface area contributed by atoms with Gasteiger partial charge in [0.1, 0.15) is 0 Å². The molecular formula is C14H32N2. The average molecular weight is 228 g/mol. The number of nitrogens with two attached hydrogens (primary N) is 1. The van der Waals surface area contributed by atoms with Crippen LogP contribution in [0, 0.1) is 10.8 Å². The van der Waals surface area contributed by atoms with E-state index in [4.69, 9.17) is 5.73 Å².